The molecule has 0 saturated carbocycles. The number of piperidine rings is 1. The minimum atomic E-state index is -0.0725. The molecule has 1 unspecified atom stereocenters. The van der Waals surface area contributed by atoms with E-state index in [1.165, 1.54) is 5.56 Å². The van der Waals surface area contributed by atoms with Crippen LogP contribution in [0.1, 0.15) is 41.6 Å². The zero-order chi connectivity index (χ0) is 19.3. The van der Waals surface area contributed by atoms with E-state index in [0.717, 1.165) is 24.9 Å². The SMILES string of the molecule is Cc1noc(C2CCCN(C(=O)NCc3cnn(Cc4ccccc4)c3)C2)n1. The van der Waals surface area contributed by atoms with Gasteiger partial charge in [0, 0.05) is 31.4 Å². The van der Waals surface area contributed by atoms with Crippen molar-refractivity contribution in [3.63, 3.8) is 0 Å². The quantitative estimate of drug-likeness (QED) is 0.735. The number of urea groups is 1. The first-order chi connectivity index (χ1) is 13.7. The van der Waals surface area contributed by atoms with E-state index in [-0.39, 0.29) is 11.9 Å². The van der Waals surface area contributed by atoms with Crippen molar-refractivity contribution in [2.45, 2.75) is 38.8 Å². The van der Waals surface area contributed by atoms with Gasteiger partial charge in [-0.3, -0.25) is 4.68 Å². The fourth-order valence-corrected chi connectivity index (χ4v) is 3.49. The number of amides is 2. The summed E-state index contributed by atoms with van der Waals surface area (Å²) in [6.45, 7) is 4.31. The molecule has 146 valence electrons. The van der Waals surface area contributed by atoms with Crippen LogP contribution < -0.4 is 5.32 Å². The fourth-order valence-electron chi connectivity index (χ4n) is 3.49. The lowest BCUT2D eigenvalue weighted by atomic mass is 9.98. The van der Waals surface area contributed by atoms with E-state index in [0.29, 0.717) is 31.3 Å². The van der Waals surface area contributed by atoms with Gasteiger partial charge >= 0.3 is 6.03 Å². The number of nitrogens with one attached hydrogen (secondary N) is 1. The number of hydrogen-bond donors (Lipinski definition) is 1. The maximum atomic E-state index is 12.6. The van der Waals surface area contributed by atoms with Gasteiger partial charge in [-0.15, -0.1) is 0 Å². The number of hydrogen-bond acceptors (Lipinski definition) is 5. The molecule has 0 bridgehead atoms. The summed E-state index contributed by atoms with van der Waals surface area (Å²) < 4.78 is 7.16. The van der Waals surface area contributed by atoms with Crippen molar-refractivity contribution >= 4 is 6.03 Å². The van der Waals surface area contributed by atoms with Crippen LogP contribution in [0.4, 0.5) is 4.79 Å². The van der Waals surface area contributed by atoms with Crippen molar-refractivity contribution in [3.05, 3.63) is 65.6 Å². The van der Waals surface area contributed by atoms with E-state index < -0.39 is 0 Å². The molecule has 8 heteroatoms. The van der Waals surface area contributed by atoms with E-state index >= 15 is 0 Å². The maximum Gasteiger partial charge on any atom is 0.317 e. The van der Waals surface area contributed by atoms with Crippen LogP contribution in [0.3, 0.4) is 0 Å². The Morgan fingerprint density at radius 3 is 2.93 bits per heavy atom. The second-order valence-corrected chi connectivity index (χ2v) is 7.16. The van der Waals surface area contributed by atoms with Crippen LogP contribution in [0, 0.1) is 6.92 Å². The minimum absolute atomic E-state index is 0.0725. The summed E-state index contributed by atoms with van der Waals surface area (Å²) in [6, 6.07) is 10.1. The van der Waals surface area contributed by atoms with Crippen LogP contribution in [0.15, 0.2) is 47.2 Å². The Balaban J connectivity index is 1.29. The Kier molecular flexibility index (Phi) is 5.36. The molecule has 1 atom stereocenters. The Morgan fingerprint density at radius 1 is 1.29 bits per heavy atom. The van der Waals surface area contributed by atoms with Crippen LogP contribution in [0.25, 0.3) is 0 Å². The highest BCUT2D eigenvalue weighted by Crippen LogP contribution is 2.25. The zero-order valence-corrected chi connectivity index (χ0v) is 15.9. The lowest BCUT2D eigenvalue weighted by molar-refractivity contribution is 0.171. The lowest BCUT2D eigenvalue weighted by Crippen LogP contribution is -2.44. The second kappa shape index (κ2) is 8.24. The van der Waals surface area contributed by atoms with Crippen LogP contribution in [0.2, 0.25) is 0 Å². The summed E-state index contributed by atoms with van der Waals surface area (Å²) in [5, 5.41) is 11.2. The Labute approximate surface area is 163 Å². The Bertz CT molecular complexity index is 920. The first-order valence-electron chi connectivity index (χ1n) is 9.55. The molecule has 4 rings (SSSR count). The number of rotatable bonds is 5. The molecule has 3 aromatic rings. The van der Waals surface area contributed by atoms with Gasteiger partial charge in [-0.05, 0) is 25.3 Å². The number of carbonyl (C=O) groups excluding carboxylic acids is 1. The van der Waals surface area contributed by atoms with Crippen LogP contribution in [0.5, 0.6) is 0 Å². The fraction of sp³-hybridized carbons (Fsp3) is 0.400. The van der Waals surface area contributed by atoms with Gasteiger partial charge in [0.1, 0.15) is 0 Å². The topological polar surface area (TPSA) is 89.1 Å². The predicted octanol–water partition coefficient (Wildman–Crippen LogP) is 2.71. The number of aromatic nitrogens is 4. The molecule has 1 saturated heterocycles. The largest absolute Gasteiger partial charge is 0.339 e. The van der Waals surface area contributed by atoms with E-state index in [2.05, 4.69) is 32.7 Å². The average Bonchev–Trinajstić information content (AvgIpc) is 3.36. The molecular formula is C20H24N6O2. The van der Waals surface area contributed by atoms with Gasteiger partial charge in [-0.2, -0.15) is 10.1 Å². The Morgan fingerprint density at radius 2 is 2.14 bits per heavy atom. The van der Waals surface area contributed by atoms with Gasteiger partial charge in [0.05, 0.1) is 18.7 Å². The maximum absolute atomic E-state index is 12.6. The zero-order valence-electron chi connectivity index (χ0n) is 15.9. The van der Waals surface area contributed by atoms with Gasteiger partial charge in [-0.1, -0.05) is 35.5 Å². The molecule has 3 heterocycles. The number of benzene rings is 1. The molecule has 2 aromatic heterocycles. The first-order valence-corrected chi connectivity index (χ1v) is 9.55. The Hall–Kier alpha value is -3.16. The number of likely N-dealkylation sites (tertiary alicyclic amines) is 1. The average molecular weight is 380 g/mol. The summed E-state index contributed by atoms with van der Waals surface area (Å²) in [5.41, 5.74) is 2.17. The van der Waals surface area contributed by atoms with Crippen LogP contribution in [-0.2, 0) is 13.1 Å². The van der Waals surface area contributed by atoms with Gasteiger partial charge in [0.25, 0.3) is 0 Å². The van der Waals surface area contributed by atoms with Crippen molar-refractivity contribution < 1.29 is 9.32 Å². The summed E-state index contributed by atoms with van der Waals surface area (Å²) in [5.74, 6) is 1.36. The van der Waals surface area contributed by atoms with Crippen molar-refractivity contribution in [1.29, 1.82) is 0 Å². The molecule has 1 aromatic carbocycles. The van der Waals surface area contributed by atoms with E-state index in [9.17, 15) is 4.79 Å². The first kappa shape index (κ1) is 18.2. The highest BCUT2D eigenvalue weighted by Gasteiger charge is 2.28. The molecular weight excluding hydrogens is 356 g/mol. The molecule has 0 spiro atoms. The monoisotopic (exact) mass is 380 g/mol. The molecule has 8 nitrogen and oxygen atoms in total. The number of aryl methyl sites for hydroxylation is 1. The molecule has 2 amide bonds. The standard InChI is InChI=1S/C20H24N6O2/c1-15-23-19(28-24-15)18-8-5-9-25(14-18)20(27)21-10-17-11-22-26(13-17)12-16-6-3-2-4-7-16/h2-4,6-7,11,13,18H,5,8-10,12,14H2,1H3,(H,21,27). The van der Waals surface area contributed by atoms with E-state index in [4.69, 9.17) is 4.52 Å². The number of carbonyl (C=O) groups is 1. The van der Waals surface area contributed by atoms with Crippen molar-refractivity contribution in [2.24, 2.45) is 0 Å². The van der Waals surface area contributed by atoms with Crippen LogP contribution in [-0.4, -0.2) is 43.9 Å². The van der Waals surface area contributed by atoms with E-state index in [1.54, 1.807) is 13.1 Å². The molecule has 0 aliphatic carbocycles. The third-order valence-corrected chi connectivity index (χ3v) is 4.92. The molecule has 1 aliphatic rings. The van der Waals surface area contributed by atoms with Crippen molar-refractivity contribution in [3.8, 4) is 0 Å². The highest BCUT2D eigenvalue weighted by molar-refractivity contribution is 5.74. The van der Waals surface area contributed by atoms with E-state index in [1.807, 2.05) is 34.0 Å². The predicted molar refractivity (Wildman–Crippen MR) is 103 cm³/mol. The van der Waals surface area contributed by atoms with Gasteiger partial charge in [0.15, 0.2) is 5.82 Å². The smallest absolute Gasteiger partial charge is 0.317 e. The van der Waals surface area contributed by atoms with Gasteiger partial charge in [-0.25, -0.2) is 4.79 Å². The summed E-state index contributed by atoms with van der Waals surface area (Å²) in [6.07, 6.45) is 5.64. The number of nitrogens with zero attached hydrogens (tertiary/aromatic N) is 5. The minimum Gasteiger partial charge on any atom is -0.339 e. The van der Waals surface area contributed by atoms with Gasteiger partial charge in [0.2, 0.25) is 5.89 Å². The molecule has 1 fully saturated rings. The summed E-state index contributed by atoms with van der Waals surface area (Å²) in [7, 11) is 0. The normalized spacial score (nSPS) is 16.9. The second-order valence-electron chi connectivity index (χ2n) is 7.16. The summed E-state index contributed by atoms with van der Waals surface area (Å²) >= 11 is 0. The van der Waals surface area contributed by atoms with Crippen LogP contribution >= 0.6 is 0 Å². The van der Waals surface area contributed by atoms with Crippen molar-refractivity contribution in [2.75, 3.05) is 13.1 Å². The molecule has 1 N–H and O–H groups in total. The summed E-state index contributed by atoms with van der Waals surface area (Å²) in [4.78, 5) is 18.7. The third kappa shape index (κ3) is 4.39. The molecule has 28 heavy (non-hydrogen) atoms. The lowest BCUT2D eigenvalue weighted by Gasteiger charge is -2.31. The van der Waals surface area contributed by atoms with Crippen molar-refractivity contribution in [1.82, 2.24) is 30.1 Å². The third-order valence-electron chi connectivity index (χ3n) is 4.92. The molecule has 0 radical (unpaired) electrons. The van der Waals surface area contributed by atoms with Gasteiger partial charge < -0.3 is 14.7 Å². The highest BCUT2D eigenvalue weighted by atomic mass is 16.5. The molecule has 1 aliphatic heterocycles.